The molecular weight excluding hydrogens is 218 g/mol. The number of hydrogen-bond donors (Lipinski definition) is 1. The highest BCUT2D eigenvalue weighted by Gasteiger charge is 2.25. The molecule has 1 aromatic rings. The molecule has 17 heavy (non-hydrogen) atoms. The summed E-state index contributed by atoms with van der Waals surface area (Å²) in [5.74, 6) is -1.26. The van der Waals surface area contributed by atoms with Gasteiger partial charge in [-0.25, -0.2) is 4.79 Å². The molecule has 1 aliphatic rings. The van der Waals surface area contributed by atoms with Crippen LogP contribution < -0.4 is 4.90 Å². The van der Waals surface area contributed by atoms with Crippen LogP contribution in [0.25, 0.3) is 0 Å². The predicted molar refractivity (Wildman–Crippen MR) is 64.3 cm³/mol. The molecule has 0 atom stereocenters. The normalized spacial score (nSPS) is 14.0. The third kappa shape index (κ3) is 1.93. The maximum absolute atomic E-state index is 11.7. The van der Waals surface area contributed by atoms with Crippen molar-refractivity contribution in [1.29, 1.82) is 0 Å². The van der Waals surface area contributed by atoms with Gasteiger partial charge in [0, 0.05) is 6.54 Å². The molecule has 0 aromatic heterocycles. The maximum atomic E-state index is 11.7. The summed E-state index contributed by atoms with van der Waals surface area (Å²) >= 11 is 0. The Hall–Kier alpha value is -2.10. The third-order valence-corrected chi connectivity index (χ3v) is 2.89. The van der Waals surface area contributed by atoms with Crippen LogP contribution in [-0.4, -0.2) is 23.5 Å². The van der Waals surface area contributed by atoms with Gasteiger partial charge in [-0.15, -0.1) is 0 Å². The van der Waals surface area contributed by atoms with Gasteiger partial charge in [0.2, 0.25) is 5.91 Å². The van der Waals surface area contributed by atoms with E-state index in [0.29, 0.717) is 12.2 Å². The zero-order chi connectivity index (χ0) is 12.4. The number of nitrogens with zero attached hydrogens (tertiary/aromatic N) is 1. The van der Waals surface area contributed by atoms with Gasteiger partial charge in [0.15, 0.2) is 0 Å². The largest absolute Gasteiger partial charge is 0.478 e. The second kappa shape index (κ2) is 4.41. The molecule has 1 aromatic carbocycles. The van der Waals surface area contributed by atoms with Crippen LogP contribution in [0.2, 0.25) is 0 Å². The molecule has 1 N–H and O–H groups in total. The number of carboxylic acids is 1. The molecule has 0 saturated heterocycles. The molecular formula is C13H13NO3. The van der Waals surface area contributed by atoms with Gasteiger partial charge < -0.3 is 10.0 Å². The molecule has 4 heteroatoms. The Balaban J connectivity index is 2.58. The Labute approximate surface area is 99.2 Å². The molecule has 4 nitrogen and oxygen atoms in total. The van der Waals surface area contributed by atoms with Crippen molar-refractivity contribution in [3.8, 4) is 0 Å². The number of carbonyl (C=O) groups excluding carboxylic acids is 1. The van der Waals surface area contributed by atoms with E-state index >= 15 is 0 Å². The first kappa shape index (κ1) is 11.4. The Kier molecular flexibility index (Phi) is 2.95. The summed E-state index contributed by atoms with van der Waals surface area (Å²) in [5, 5.41) is 9.15. The van der Waals surface area contributed by atoms with Gasteiger partial charge in [-0.05, 0) is 30.5 Å². The Bertz CT molecular complexity index is 493. The highest BCUT2D eigenvalue weighted by molar-refractivity contribution is 6.07. The van der Waals surface area contributed by atoms with Crippen molar-refractivity contribution in [3.63, 3.8) is 0 Å². The number of fused-ring (bicyclic) bond motifs is 1. The molecule has 88 valence electrons. The average Bonchev–Trinajstić information content (AvgIpc) is 2.36. The van der Waals surface area contributed by atoms with Crippen molar-refractivity contribution < 1.29 is 14.7 Å². The van der Waals surface area contributed by atoms with E-state index in [2.05, 4.69) is 6.58 Å². The van der Waals surface area contributed by atoms with E-state index in [0.717, 1.165) is 18.4 Å². The van der Waals surface area contributed by atoms with E-state index in [1.807, 2.05) is 6.07 Å². The van der Waals surface area contributed by atoms with Crippen LogP contribution in [0, 0.1) is 0 Å². The first-order valence-corrected chi connectivity index (χ1v) is 5.44. The highest BCUT2D eigenvalue weighted by Crippen LogP contribution is 2.31. The van der Waals surface area contributed by atoms with Crippen molar-refractivity contribution in [2.24, 2.45) is 0 Å². The van der Waals surface area contributed by atoms with Crippen LogP contribution in [0.4, 0.5) is 5.69 Å². The predicted octanol–water partition coefficient (Wildman–Crippen LogP) is 1.85. The Morgan fingerprint density at radius 3 is 2.82 bits per heavy atom. The number of aryl methyl sites for hydroxylation is 1. The smallest absolute Gasteiger partial charge is 0.337 e. The van der Waals surface area contributed by atoms with Crippen molar-refractivity contribution >= 4 is 17.6 Å². The summed E-state index contributed by atoms with van der Waals surface area (Å²) in [6.45, 7) is 3.99. The van der Waals surface area contributed by atoms with Gasteiger partial charge in [0.1, 0.15) is 0 Å². The van der Waals surface area contributed by atoms with Crippen LogP contribution in [0.1, 0.15) is 22.3 Å². The number of para-hydroxylation sites is 1. The monoisotopic (exact) mass is 231 g/mol. The van der Waals surface area contributed by atoms with E-state index < -0.39 is 5.97 Å². The van der Waals surface area contributed by atoms with Crippen LogP contribution in [-0.2, 0) is 11.2 Å². The van der Waals surface area contributed by atoms with Crippen LogP contribution in [0.3, 0.4) is 0 Å². The first-order chi connectivity index (χ1) is 8.15. The number of carboxylic acid groups (broad SMARTS) is 1. The first-order valence-electron chi connectivity index (χ1n) is 5.44. The number of rotatable bonds is 2. The minimum Gasteiger partial charge on any atom is -0.478 e. The van der Waals surface area contributed by atoms with Gasteiger partial charge in [0.25, 0.3) is 0 Å². The quantitative estimate of drug-likeness (QED) is 0.790. The molecule has 0 fully saturated rings. The summed E-state index contributed by atoms with van der Waals surface area (Å²) in [5.41, 5.74) is 1.61. The fourth-order valence-corrected chi connectivity index (χ4v) is 2.15. The Morgan fingerprint density at radius 1 is 1.41 bits per heavy atom. The SMILES string of the molecule is C=CC(=O)N1CCCc2cccc(C(=O)O)c21. The summed E-state index contributed by atoms with van der Waals surface area (Å²) < 4.78 is 0. The third-order valence-electron chi connectivity index (χ3n) is 2.89. The average molecular weight is 231 g/mol. The maximum Gasteiger partial charge on any atom is 0.337 e. The minimum atomic E-state index is -1.01. The van der Waals surface area contributed by atoms with E-state index in [1.165, 1.54) is 17.0 Å². The summed E-state index contributed by atoms with van der Waals surface area (Å²) in [4.78, 5) is 24.4. The minimum absolute atomic E-state index is 0.178. The standard InChI is InChI=1S/C13H13NO3/c1-2-11(15)14-8-4-6-9-5-3-7-10(12(9)14)13(16)17/h2-3,5,7H,1,4,6,8H2,(H,16,17). The highest BCUT2D eigenvalue weighted by atomic mass is 16.4. The number of aromatic carboxylic acids is 1. The lowest BCUT2D eigenvalue weighted by Gasteiger charge is -2.29. The van der Waals surface area contributed by atoms with Gasteiger partial charge in [-0.3, -0.25) is 4.79 Å². The van der Waals surface area contributed by atoms with Gasteiger partial charge in [-0.2, -0.15) is 0 Å². The summed E-state index contributed by atoms with van der Waals surface area (Å²) in [6, 6.07) is 5.10. The second-order valence-electron chi connectivity index (χ2n) is 3.92. The van der Waals surface area contributed by atoms with Crippen molar-refractivity contribution in [1.82, 2.24) is 0 Å². The molecule has 1 aliphatic heterocycles. The lowest BCUT2D eigenvalue weighted by molar-refractivity contribution is -0.114. The van der Waals surface area contributed by atoms with E-state index in [9.17, 15) is 9.59 Å². The summed E-state index contributed by atoms with van der Waals surface area (Å²) in [7, 11) is 0. The molecule has 0 spiro atoms. The number of amides is 1. The molecule has 0 saturated carbocycles. The molecule has 0 bridgehead atoms. The number of anilines is 1. The number of benzene rings is 1. The van der Waals surface area contributed by atoms with Crippen LogP contribution >= 0.6 is 0 Å². The van der Waals surface area contributed by atoms with E-state index in [1.54, 1.807) is 6.07 Å². The Morgan fingerprint density at radius 2 is 2.18 bits per heavy atom. The fraction of sp³-hybridized carbons (Fsp3) is 0.231. The zero-order valence-electron chi connectivity index (χ0n) is 9.35. The van der Waals surface area contributed by atoms with Crippen molar-refractivity contribution in [3.05, 3.63) is 42.0 Å². The second-order valence-corrected chi connectivity index (χ2v) is 3.92. The lowest BCUT2D eigenvalue weighted by atomic mass is 9.97. The fourth-order valence-electron chi connectivity index (χ4n) is 2.15. The zero-order valence-corrected chi connectivity index (χ0v) is 9.35. The van der Waals surface area contributed by atoms with Crippen LogP contribution in [0.15, 0.2) is 30.9 Å². The van der Waals surface area contributed by atoms with Crippen molar-refractivity contribution in [2.75, 3.05) is 11.4 Å². The topological polar surface area (TPSA) is 57.6 Å². The van der Waals surface area contributed by atoms with Gasteiger partial charge in [-0.1, -0.05) is 18.7 Å². The molecule has 0 unspecified atom stereocenters. The van der Waals surface area contributed by atoms with Gasteiger partial charge >= 0.3 is 5.97 Å². The molecule has 0 radical (unpaired) electrons. The van der Waals surface area contributed by atoms with E-state index in [4.69, 9.17) is 5.11 Å². The van der Waals surface area contributed by atoms with Crippen LogP contribution in [0.5, 0.6) is 0 Å². The summed E-state index contributed by atoms with van der Waals surface area (Å²) in [6.07, 6.45) is 2.86. The molecule has 0 aliphatic carbocycles. The van der Waals surface area contributed by atoms with Gasteiger partial charge in [0.05, 0.1) is 11.3 Å². The molecule has 2 rings (SSSR count). The number of hydrogen-bond acceptors (Lipinski definition) is 2. The molecule has 1 heterocycles. The number of carbonyl (C=O) groups is 2. The van der Waals surface area contributed by atoms with E-state index in [-0.39, 0.29) is 11.5 Å². The lowest BCUT2D eigenvalue weighted by Crippen LogP contribution is -2.35. The van der Waals surface area contributed by atoms with Crippen molar-refractivity contribution in [2.45, 2.75) is 12.8 Å². The molecule has 1 amide bonds.